The van der Waals surface area contributed by atoms with Crippen molar-refractivity contribution in [2.45, 2.75) is 38.8 Å². The molecular weight excluding hydrogens is 191 g/mol. The van der Waals surface area contributed by atoms with Crippen LogP contribution in [-0.2, 0) is 6.54 Å². The third kappa shape index (κ3) is 2.99. The molecule has 2 nitrogen and oxygen atoms in total. The largest absolute Gasteiger partial charge is 0.310 e. The molecule has 0 radical (unpaired) electrons. The summed E-state index contributed by atoms with van der Waals surface area (Å²) in [7, 11) is 0. The van der Waals surface area contributed by atoms with Crippen LogP contribution in [0.25, 0.3) is 0 Å². The minimum Gasteiger partial charge on any atom is -0.310 e. The summed E-state index contributed by atoms with van der Waals surface area (Å²) in [5.41, 5.74) is 0.928. The Balaban J connectivity index is 1.75. The van der Waals surface area contributed by atoms with Gasteiger partial charge in [-0.3, -0.25) is 4.98 Å². The molecule has 1 fully saturated rings. The monoisotopic (exact) mass is 208 g/mol. The second-order valence-corrected chi connectivity index (χ2v) is 4.28. The molecule has 0 amide bonds. The van der Waals surface area contributed by atoms with Gasteiger partial charge in [0.1, 0.15) is 5.82 Å². The summed E-state index contributed by atoms with van der Waals surface area (Å²) in [6.07, 6.45) is 6.79. The Kier molecular flexibility index (Phi) is 3.31. The topological polar surface area (TPSA) is 24.9 Å². The first-order valence-electron chi connectivity index (χ1n) is 5.62. The van der Waals surface area contributed by atoms with E-state index in [0.29, 0.717) is 6.04 Å². The van der Waals surface area contributed by atoms with Crippen LogP contribution in [0.3, 0.4) is 0 Å². The van der Waals surface area contributed by atoms with E-state index < -0.39 is 0 Å². The molecule has 3 heteroatoms. The van der Waals surface area contributed by atoms with Crippen molar-refractivity contribution in [2.75, 3.05) is 0 Å². The predicted molar refractivity (Wildman–Crippen MR) is 57.8 cm³/mol. The van der Waals surface area contributed by atoms with E-state index >= 15 is 0 Å². The van der Waals surface area contributed by atoms with E-state index in [0.717, 1.165) is 18.0 Å². The fraction of sp³-hybridized carbons (Fsp3) is 0.583. The lowest BCUT2D eigenvalue weighted by Gasteiger charge is -2.03. The Bertz CT molecular complexity index is 327. The molecule has 15 heavy (non-hydrogen) atoms. The normalized spacial score (nSPS) is 24.1. The zero-order chi connectivity index (χ0) is 10.7. The van der Waals surface area contributed by atoms with Gasteiger partial charge in [-0.2, -0.15) is 0 Å². The van der Waals surface area contributed by atoms with Gasteiger partial charge >= 0.3 is 0 Å². The summed E-state index contributed by atoms with van der Waals surface area (Å²) >= 11 is 0. The maximum absolute atomic E-state index is 12.8. The highest BCUT2D eigenvalue weighted by molar-refractivity contribution is 5.10. The molecule has 1 N–H and O–H groups in total. The van der Waals surface area contributed by atoms with Crippen LogP contribution in [0.2, 0.25) is 0 Å². The number of halogens is 1. The van der Waals surface area contributed by atoms with Gasteiger partial charge in [0.2, 0.25) is 0 Å². The van der Waals surface area contributed by atoms with E-state index in [9.17, 15) is 4.39 Å². The van der Waals surface area contributed by atoms with Crippen molar-refractivity contribution in [3.63, 3.8) is 0 Å². The van der Waals surface area contributed by atoms with Crippen LogP contribution in [0.5, 0.6) is 0 Å². The lowest BCUT2D eigenvalue weighted by Crippen LogP contribution is -2.17. The fourth-order valence-electron chi connectivity index (χ4n) is 1.99. The van der Waals surface area contributed by atoms with Crippen molar-refractivity contribution >= 4 is 0 Å². The molecule has 0 spiro atoms. The molecule has 1 aliphatic carbocycles. The van der Waals surface area contributed by atoms with Gasteiger partial charge in [0.25, 0.3) is 0 Å². The van der Waals surface area contributed by atoms with Gasteiger partial charge in [-0.1, -0.05) is 13.3 Å². The SMILES string of the molecule is CCCC1CC1NCc1cncc(F)c1. The first-order valence-corrected chi connectivity index (χ1v) is 5.62. The van der Waals surface area contributed by atoms with E-state index in [2.05, 4.69) is 17.2 Å². The minimum atomic E-state index is -0.254. The first kappa shape index (κ1) is 10.6. The number of nitrogens with one attached hydrogen (secondary N) is 1. The quantitative estimate of drug-likeness (QED) is 0.804. The molecule has 0 aromatic carbocycles. The van der Waals surface area contributed by atoms with Crippen molar-refractivity contribution in [1.29, 1.82) is 0 Å². The highest BCUT2D eigenvalue weighted by atomic mass is 19.1. The number of nitrogens with zero attached hydrogens (tertiary/aromatic N) is 1. The number of hydrogen-bond acceptors (Lipinski definition) is 2. The zero-order valence-electron chi connectivity index (χ0n) is 9.04. The second kappa shape index (κ2) is 4.71. The Morgan fingerprint density at radius 3 is 3.13 bits per heavy atom. The van der Waals surface area contributed by atoms with Crippen LogP contribution in [0.4, 0.5) is 4.39 Å². The molecule has 1 saturated carbocycles. The minimum absolute atomic E-state index is 0.254. The van der Waals surface area contributed by atoms with Gasteiger partial charge in [-0.05, 0) is 30.4 Å². The Labute approximate surface area is 89.9 Å². The summed E-state index contributed by atoms with van der Waals surface area (Å²) in [6, 6.07) is 2.19. The van der Waals surface area contributed by atoms with Crippen LogP contribution in [0, 0.1) is 11.7 Å². The summed E-state index contributed by atoms with van der Waals surface area (Å²) in [5.74, 6) is 0.590. The van der Waals surface area contributed by atoms with E-state index in [-0.39, 0.29) is 5.82 Å². The summed E-state index contributed by atoms with van der Waals surface area (Å²) < 4.78 is 12.8. The zero-order valence-corrected chi connectivity index (χ0v) is 9.04. The lowest BCUT2D eigenvalue weighted by molar-refractivity contribution is 0.589. The standard InChI is InChI=1S/C12H17FN2/c1-2-3-10-5-12(10)15-7-9-4-11(13)8-14-6-9/h4,6,8,10,12,15H,2-3,5,7H2,1H3. The molecule has 1 heterocycles. The van der Waals surface area contributed by atoms with Crippen LogP contribution >= 0.6 is 0 Å². The van der Waals surface area contributed by atoms with Crippen molar-refractivity contribution in [1.82, 2.24) is 10.3 Å². The molecule has 2 unspecified atom stereocenters. The average molecular weight is 208 g/mol. The van der Waals surface area contributed by atoms with E-state index in [4.69, 9.17) is 0 Å². The third-order valence-corrected chi connectivity index (χ3v) is 2.91. The van der Waals surface area contributed by atoms with Gasteiger partial charge < -0.3 is 5.32 Å². The average Bonchev–Trinajstić information content (AvgIpc) is 2.95. The highest BCUT2D eigenvalue weighted by Crippen LogP contribution is 2.34. The molecule has 1 aliphatic rings. The van der Waals surface area contributed by atoms with Crippen molar-refractivity contribution in [2.24, 2.45) is 5.92 Å². The van der Waals surface area contributed by atoms with Gasteiger partial charge in [0.05, 0.1) is 6.20 Å². The second-order valence-electron chi connectivity index (χ2n) is 4.28. The van der Waals surface area contributed by atoms with Crippen molar-refractivity contribution in [3.8, 4) is 0 Å². The molecule has 0 saturated heterocycles. The van der Waals surface area contributed by atoms with Crippen LogP contribution < -0.4 is 5.32 Å². The molecule has 0 bridgehead atoms. The number of hydrogen-bond donors (Lipinski definition) is 1. The number of rotatable bonds is 5. The van der Waals surface area contributed by atoms with E-state index in [1.54, 1.807) is 6.20 Å². The van der Waals surface area contributed by atoms with Gasteiger partial charge in [0.15, 0.2) is 0 Å². The Hall–Kier alpha value is -0.960. The molecule has 82 valence electrons. The van der Waals surface area contributed by atoms with Gasteiger partial charge in [-0.25, -0.2) is 4.39 Å². The molecule has 1 aromatic heterocycles. The molecule has 0 aliphatic heterocycles. The van der Waals surface area contributed by atoms with Crippen LogP contribution in [-0.4, -0.2) is 11.0 Å². The summed E-state index contributed by atoms with van der Waals surface area (Å²) in [6.45, 7) is 2.95. The number of pyridine rings is 1. The van der Waals surface area contributed by atoms with Crippen molar-refractivity contribution < 1.29 is 4.39 Å². The number of aromatic nitrogens is 1. The first-order chi connectivity index (χ1) is 7.29. The highest BCUT2D eigenvalue weighted by Gasteiger charge is 2.35. The van der Waals surface area contributed by atoms with E-state index in [1.165, 1.54) is 31.5 Å². The van der Waals surface area contributed by atoms with Crippen LogP contribution in [0.1, 0.15) is 31.7 Å². The van der Waals surface area contributed by atoms with E-state index in [1.807, 2.05) is 0 Å². The van der Waals surface area contributed by atoms with Gasteiger partial charge in [-0.15, -0.1) is 0 Å². The van der Waals surface area contributed by atoms with Crippen molar-refractivity contribution in [3.05, 3.63) is 29.8 Å². The Morgan fingerprint density at radius 2 is 2.40 bits per heavy atom. The Morgan fingerprint density at radius 1 is 1.53 bits per heavy atom. The maximum atomic E-state index is 12.8. The molecular formula is C12H17FN2. The predicted octanol–water partition coefficient (Wildman–Crippen LogP) is 2.50. The molecule has 2 atom stereocenters. The summed E-state index contributed by atoms with van der Waals surface area (Å²) in [5, 5.41) is 3.43. The van der Waals surface area contributed by atoms with Gasteiger partial charge in [0, 0.05) is 18.8 Å². The molecule has 1 aromatic rings. The fourth-order valence-corrected chi connectivity index (χ4v) is 1.99. The third-order valence-electron chi connectivity index (χ3n) is 2.91. The lowest BCUT2D eigenvalue weighted by atomic mass is 10.2. The summed E-state index contributed by atoms with van der Waals surface area (Å²) in [4.78, 5) is 3.82. The maximum Gasteiger partial charge on any atom is 0.141 e. The van der Waals surface area contributed by atoms with Crippen LogP contribution in [0.15, 0.2) is 18.5 Å². The smallest absolute Gasteiger partial charge is 0.141 e. The molecule has 2 rings (SSSR count).